The van der Waals surface area contributed by atoms with Gasteiger partial charge in [-0.15, -0.1) is 0 Å². The van der Waals surface area contributed by atoms with Gasteiger partial charge in [-0.2, -0.15) is 0 Å². The van der Waals surface area contributed by atoms with E-state index >= 15 is 0 Å². The monoisotopic (exact) mass is 150 g/mol. The van der Waals surface area contributed by atoms with E-state index in [2.05, 4.69) is 15.2 Å². The maximum atomic E-state index is 10.9. The number of rotatable bonds is 0. The summed E-state index contributed by atoms with van der Waals surface area (Å²) in [6.45, 7) is 0. The topological polar surface area (TPSA) is 87.6 Å². The van der Waals surface area contributed by atoms with Gasteiger partial charge in [-0.1, -0.05) is 0 Å². The minimum atomic E-state index is -0.195. The van der Waals surface area contributed by atoms with Crippen LogP contribution in [0.4, 0.5) is 5.69 Å². The first-order valence-electron chi connectivity index (χ1n) is 3.09. The van der Waals surface area contributed by atoms with Crippen LogP contribution in [0.25, 0.3) is 11.0 Å². The molecule has 0 bridgehead atoms. The number of hydrogen-bond acceptors (Lipinski definition) is 3. The van der Waals surface area contributed by atoms with Crippen molar-refractivity contribution >= 4 is 16.7 Å². The zero-order valence-electron chi connectivity index (χ0n) is 5.59. The van der Waals surface area contributed by atoms with E-state index in [0.29, 0.717) is 16.7 Å². The lowest BCUT2D eigenvalue weighted by Gasteiger charge is -1.88. The average Bonchev–Trinajstić information content (AvgIpc) is 2.33. The van der Waals surface area contributed by atoms with Gasteiger partial charge in [-0.05, 0) is 6.07 Å². The van der Waals surface area contributed by atoms with E-state index in [0.717, 1.165) is 0 Å². The number of pyridine rings is 1. The Kier molecular flexibility index (Phi) is 1.00. The minimum absolute atomic E-state index is 0.195. The zero-order valence-corrected chi connectivity index (χ0v) is 5.59. The number of nitrogens with one attached hydrogen (secondary N) is 2. The molecule has 2 heterocycles. The Balaban J connectivity index is 2.99. The van der Waals surface area contributed by atoms with E-state index in [4.69, 9.17) is 5.73 Å². The van der Waals surface area contributed by atoms with Crippen LogP contribution in [0.2, 0.25) is 0 Å². The number of fused-ring (bicyclic) bond motifs is 1. The number of nitrogen functional groups attached to an aromatic ring is 1. The fraction of sp³-hybridized carbons (Fsp3) is 0. The maximum absolute atomic E-state index is 10.9. The molecule has 0 aliphatic rings. The summed E-state index contributed by atoms with van der Waals surface area (Å²) in [5, 5.41) is 5.51. The second kappa shape index (κ2) is 1.85. The summed E-state index contributed by atoms with van der Waals surface area (Å²) < 4.78 is 0. The molecule has 5 heteroatoms. The molecular weight excluding hydrogens is 144 g/mol. The number of aromatic amines is 2. The van der Waals surface area contributed by atoms with Crippen LogP contribution >= 0.6 is 0 Å². The number of H-pyrrole nitrogens is 2. The Morgan fingerprint density at radius 2 is 2.27 bits per heavy atom. The second-order valence-corrected chi connectivity index (χ2v) is 2.24. The van der Waals surface area contributed by atoms with Crippen LogP contribution in [0.15, 0.2) is 17.1 Å². The lowest BCUT2D eigenvalue weighted by molar-refractivity contribution is 1.06. The summed E-state index contributed by atoms with van der Waals surface area (Å²) in [7, 11) is 0. The van der Waals surface area contributed by atoms with E-state index in [1.807, 2.05) is 0 Å². The van der Waals surface area contributed by atoms with Crippen LogP contribution in [0.3, 0.4) is 0 Å². The number of hydrogen-bond donors (Lipinski definition) is 3. The van der Waals surface area contributed by atoms with Gasteiger partial charge in [0.2, 0.25) is 0 Å². The lowest BCUT2D eigenvalue weighted by atomic mass is 10.3. The van der Waals surface area contributed by atoms with Gasteiger partial charge in [0, 0.05) is 0 Å². The van der Waals surface area contributed by atoms with E-state index in [1.54, 1.807) is 6.07 Å². The first kappa shape index (κ1) is 5.96. The molecule has 0 radical (unpaired) electrons. The van der Waals surface area contributed by atoms with E-state index in [-0.39, 0.29) is 5.56 Å². The van der Waals surface area contributed by atoms with Crippen molar-refractivity contribution in [2.24, 2.45) is 0 Å². The Morgan fingerprint density at radius 1 is 1.45 bits per heavy atom. The molecule has 0 fully saturated rings. The Hall–Kier alpha value is -1.78. The highest BCUT2D eigenvalue weighted by Gasteiger charge is 2.00. The molecule has 56 valence electrons. The summed E-state index contributed by atoms with van der Waals surface area (Å²) in [6.07, 6.45) is 1.49. The van der Waals surface area contributed by atoms with Gasteiger partial charge in [0.25, 0.3) is 5.56 Å². The average molecular weight is 150 g/mol. The molecule has 0 atom stereocenters. The molecule has 0 saturated heterocycles. The molecule has 0 amide bonds. The molecule has 0 aromatic carbocycles. The first-order valence-corrected chi connectivity index (χ1v) is 3.09. The van der Waals surface area contributed by atoms with Gasteiger partial charge >= 0.3 is 0 Å². The fourth-order valence-corrected chi connectivity index (χ4v) is 0.937. The van der Waals surface area contributed by atoms with E-state index < -0.39 is 0 Å². The number of nitrogens with two attached hydrogens (primary N) is 1. The minimum Gasteiger partial charge on any atom is -0.397 e. The predicted octanol–water partition coefficient (Wildman–Crippen LogP) is -0.167. The molecule has 2 aromatic rings. The summed E-state index contributed by atoms with van der Waals surface area (Å²) in [6, 6.07) is 1.58. The highest BCUT2D eigenvalue weighted by atomic mass is 16.1. The van der Waals surface area contributed by atoms with Crippen molar-refractivity contribution in [3.8, 4) is 0 Å². The second-order valence-electron chi connectivity index (χ2n) is 2.24. The van der Waals surface area contributed by atoms with Gasteiger partial charge in [-0.3, -0.25) is 15.0 Å². The largest absolute Gasteiger partial charge is 0.397 e. The van der Waals surface area contributed by atoms with Crippen molar-refractivity contribution in [1.82, 2.24) is 15.2 Å². The molecule has 2 aromatic heterocycles. The van der Waals surface area contributed by atoms with Crippen LogP contribution in [-0.4, -0.2) is 15.2 Å². The van der Waals surface area contributed by atoms with Crippen molar-refractivity contribution in [2.45, 2.75) is 0 Å². The third-order valence-corrected chi connectivity index (χ3v) is 1.45. The van der Waals surface area contributed by atoms with Gasteiger partial charge in [0.15, 0.2) is 5.65 Å². The fourth-order valence-electron chi connectivity index (χ4n) is 0.937. The van der Waals surface area contributed by atoms with Gasteiger partial charge in [-0.25, -0.2) is 4.98 Å². The summed E-state index contributed by atoms with van der Waals surface area (Å²) in [4.78, 5) is 14.8. The van der Waals surface area contributed by atoms with Crippen molar-refractivity contribution in [3.05, 3.63) is 22.6 Å². The normalized spacial score (nSPS) is 10.5. The lowest BCUT2D eigenvalue weighted by Crippen LogP contribution is -1.98. The van der Waals surface area contributed by atoms with Crippen LogP contribution < -0.4 is 11.3 Å². The van der Waals surface area contributed by atoms with E-state index in [9.17, 15) is 4.79 Å². The summed E-state index contributed by atoms with van der Waals surface area (Å²) in [5.41, 5.74) is 6.25. The molecule has 0 aliphatic heterocycles. The smallest absolute Gasteiger partial charge is 0.273 e. The number of aromatic nitrogens is 3. The molecular formula is C6H6N4O. The quantitative estimate of drug-likeness (QED) is 0.487. The van der Waals surface area contributed by atoms with Crippen LogP contribution in [0, 0.1) is 0 Å². The van der Waals surface area contributed by atoms with Crippen molar-refractivity contribution in [2.75, 3.05) is 5.73 Å². The highest BCUT2D eigenvalue weighted by Crippen LogP contribution is 2.06. The molecule has 11 heavy (non-hydrogen) atoms. The Labute approximate surface area is 61.2 Å². The SMILES string of the molecule is Nc1cnc2[nH][nH]c(=O)c2c1. The third kappa shape index (κ3) is 0.778. The standard InChI is InChI=1S/C6H6N4O/c7-3-1-4-5(8-2-3)9-10-6(4)11/h1-2H,7H2,(H2,8,9,10,11). The van der Waals surface area contributed by atoms with Crippen molar-refractivity contribution < 1.29 is 0 Å². The first-order chi connectivity index (χ1) is 5.27. The number of nitrogens with zero attached hydrogens (tertiary/aromatic N) is 1. The molecule has 0 saturated carbocycles. The van der Waals surface area contributed by atoms with Crippen molar-refractivity contribution in [3.63, 3.8) is 0 Å². The van der Waals surface area contributed by atoms with Crippen LogP contribution in [0.1, 0.15) is 0 Å². The molecule has 2 rings (SSSR count). The van der Waals surface area contributed by atoms with Gasteiger partial charge < -0.3 is 5.73 Å². The summed E-state index contributed by atoms with van der Waals surface area (Å²) in [5.74, 6) is 0. The molecule has 4 N–H and O–H groups in total. The third-order valence-electron chi connectivity index (χ3n) is 1.45. The van der Waals surface area contributed by atoms with Gasteiger partial charge in [0.05, 0.1) is 17.3 Å². The highest BCUT2D eigenvalue weighted by molar-refractivity contribution is 5.76. The van der Waals surface area contributed by atoms with Gasteiger partial charge in [0.1, 0.15) is 0 Å². The summed E-state index contributed by atoms with van der Waals surface area (Å²) >= 11 is 0. The molecule has 0 spiro atoms. The Morgan fingerprint density at radius 3 is 3.09 bits per heavy atom. The number of anilines is 1. The maximum Gasteiger partial charge on any atom is 0.273 e. The molecule has 0 aliphatic carbocycles. The predicted molar refractivity (Wildman–Crippen MR) is 41.1 cm³/mol. The zero-order chi connectivity index (χ0) is 7.84. The van der Waals surface area contributed by atoms with E-state index in [1.165, 1.54) is 6.20 Å². The molecule has 0 unspecified atom stereocenters. The van der Waals surface area contributed by atoms with Crippen LogP contribution in [-0.2, 0) is 0 Å². The molecule has 5 nitrogen and oxygen atoms in total. The van der Waals surface area contributed by atoms with Crippen molar-refractivity contribution in [1.29, 1.82) is 0 Å². The Bertz CT molecular complexity index is 441. The van der Waals surface area contributed by atoms with Crippen LogP contribution in [0.5, 0.6) is 0 Å².